The lowest BCUT2D eigenvalue weighted by molar-refractivity contribution is 0.278. The van der Waals surface area contributed by atoms with Crippen molar-refractivity contribution in [1.29, 1.82) is 0 Å². The van der Waals surface area contributed by atoms with Crippen LogP contribution in [-0.2, 0) is 23.2 Å². The predicted molar refractivity (Wildman–Crippen MR) is 75.4 cm³/mol. The number of pyridine rings is 1. The molecule has 20 heavy (non-hydrogen) atoms. The first kappa shape index (κ1) is 14.6. The van der Waals surface area contributed by atoms with E-state index in [4.69, 9.17) is 0 Å². The van der Waals surface area contributed by atoms with E-state index in [2.05, 4.69) is 9.71 Å². The summed E-state index contributed by atoms with van der Waals surface area (Å²) < 4.78 is 26.9. The zero-order chi connectivity index (χ0) is 14.6. The molecule has 0 unspecified atom stereocenters. The van der Waals surface area contributed by atoms with Crippen LogP contribution in [-0.4, -0.2) is 18.5 Å². The minimum Gasteiger partial charge on any atom is -0.392 e. The second kappa shape index (κ2) is 6.13. The van der Waals surface area contributed by atoms with Gasteiger partial charge in [-0.2, -0.15) is 0 Å². The van der Waals surface area contributed by atoms with Gasteiger partial charge in [0.15, 0.2) is 0 Å². The molecule has 2 N–H and O–H groups in total. The number of aryl methyl sites for hydroxylation is 1. The second-order valence-electron chi connectivity index (χ2n) is 4.36. The number of hydrogen-bond donors (Lipinski definition) is 2. The van der Waals surface area contributed by atoms with Gasteiger partial charge in [-0.25, -0.2) is 13.1 Å². The molecule has 0 radical (unpaired) electrons. The van der Waals surface area contributed by atoms with E-state index in [1.54, 1.807) is 24.3 Å². The molecule has 106 valence electrons. The molecule has 0 fully saturated rings. The Labute approximate surface area is 118 Å². The molecule has 5 nitrogen and oxygen atoms in total. The van der Waals surface area contributed by atoms with Gasteiger partial charge in [0, 0.05) is 5.69 Å². The summed E-state index contributed by atoms with van der Waals surface area (Å²) in [5.74, 6) is 0. The highest BCUT2D eigenvalue weighted by Gasteiger charge is 2.17. The third-order valence-electron chi connectivity index (χ3n) is 2.82. The van der Waals surface area contributed by atoms with E-state index < -0.39 is 10.0 Å². The van der Waals surface area contributed by atoms with Crippen molar-refractivity contribution >= 4 is 10.0 Å². The number of aliphatic hydroxyl groups is 1. The van der Waals surface area contributed by atoms with Gasteiger partial charge in [-0.15, -0.1) is 0 Å². The summed E-state index contributed by atoms with van der Waals surface area (Å²) in [6.45, 7) is 1.64. The van der Waals surface area contributed by atoms with Crippen LogP contribution in [0.1, 0.15) is 17.0 Å². The Bertz CT molecular complexity index is 699. The summed E-state index contributed by atoms with van der Waals surface area (Å²) >= 11 is 0. The molecule has 1 aromatic carbocycles. The predicted octanol–water partition coefficient (Wildman–Crippen LogP) is 1.36. The van der Waals surface area contributed by atoms with Crippen LogP contribution in [0.5, 0.6) is 0 Å². The van der Waals surface area contributed by atoms with Gasteiger partial charge in [-0.1, -0.05) is 24.3 Å². The third-order valence-corrected chi connectivity index (χ3v) is 4.32. The summed E-state index contributed by atoms with van der Waals surface area (Å²) in [5, 5.41) is 9.20. The van der Waals surface area contributed by atoms with Gasteiger partial charge >= 0.3 is 0 Å². The van der Waals surface area contributed by atoms with Crippen LogP contribution in [0.25, 0.3) is 0 Å². The lowest BCUT2D eigenvalue weighted by Gasteiger charge is -2.10. The van der Waals surface area contributed by atoms with Crippen molar-refractivity contribution in [2.24, 2.45) is 0 Å². The highest BCUT2D eigenvalue weighted by molar-refractivity contribution is 7.89. The molecule has 0 saturated carbocycles. The van der Waals surface area contributed by atoms with Gasteiger partial charge in [0.05, 0.1) is 23.7 Å². The number of rotatable bonds is 5. The second-order valence-corrected chi connectivity index (χ2v) is 6.10. The van der Waals surface area contributed by atoms with Gasteiger partial charge in [-0.3, -0.25) is 4.98 Å². The highest BCUT2D eigenvalue weighted by atomic mass is 32.2. The number of aromatic nitrogens is 1. The Balaban J connectivity index is 2.19. The summed E-state index contributed by atoms with van der Waals surface area (Å²) in [4.78, 5) is 4.33. The molecule has 1 heterocycles. The fraction of sp³-hybridized carbons (Fsp3) is 0.214. The third kappa shape index (κ3) is 3.41. The fourth-order valence-corrected chi connectivity index (χ4v) is 3.07. The zero-order valence-corrected chi connectivity index (χ0v) is 11.9. The number of benzene rings is 1. The van der Waals surface area contributed by atoms with Crippen LogP contribution in [0.3, 0.4) is 0 Å². The molecule has 0 aliphatic carbocycles. The molecule has 0 bridgehead atoms. The van der Waals surface area contributed by atoms with E-state index in [0.717, 1.165) is 5.69 Å². The Morgan fingerprint density at radius 1 is 1.15 bits per heavy atom. The maximum absolute atomic E-state index is 12.2. The van der Waals surface area contributed by atoms with Gasteiger partial charge in [0.1, 0.15) is 0 Å². The van der Waals surface area contributed by atoms with Gasteiger partial charge in [0.25, 0.3) is 0 Å². The minimum atomic E-state index is -3.66. The van der Waals surface area contributed by atoms with Crippen LogP contribution in [0.4, 0.5) is 0 Å². The van der Waals surface area contributed by atoms with Crippen molar-refractivity contribution in [1.82, 2.24) is 9.71 Å². The van der Waals surface area contributed by atoms with Crippen LogP contribution >= 0.6 is 0 Å². The van der Waals surface area contributed by atoms with E-state index >= 15 is 0 Å². The molecule has 1 aromatic heterocycles. The van der Waals surface area contributed by atoms with Crippen molar-refractivity contribution in [3.63, 3.8) is 0 Å². The Kier molecular flexibility index (Phi) is 4.49. The van der Waals surface area contributed by atoms with Crippen LogP contribution in [0.2, 0.25) is 0 Å². The topological polar surface area (TPSA) is 79.3 Å². The highest BCUT2D eigenvalue weighted by Crippen LogP contribution is 2.15. The van der Waals surface area contributed by atoms with Crippen molar-refractivity contribution in [2.75, 3.05) is 0 Å². The lowest BCUT2D eigenvalue weighted by atomic mass is 10.2. The Hall–Kier alpha value is -1.76. The first-order chi connectivity index (χ1) is 9.53. The number of sulfonamides is 1. The summed E-state index contributed by atoms with van der Waals surface area (Å²) in [6, 6.07) is 11.8. The average molecular weight is 292 g/mol. The van der Waals surface area contributed by atoms with Crippen molar-refractivity contribution in [3.8, 4) is 0 Å². The van der Waals surface area contributed by atoms with E-state index in [9.17, 15) is 13.5 Å². The molecule has 2 aromatic rings. The monoisotopic (exact) mass is 292 g/mol. The molecule has 0 atom stereocenters. The molecule has 0 spiro atoms. The summed E-state index contributed by atoms with van der Waals surface area (Å²) in [6.07, 6.45) is 0. The van der Waals surface area contributed by atoms with E-state index in [-0.39, 0.29) is 18.0 Å². The lowest BCUT2D eigenvalue weighted by Crippen LogP contribution is -2.24. The smallest absolute Gasteiger partial charge is 0.241 e. The first-order valence-electron chi connectivity index (χ1n) is 6.14. The SMILES string of the molecule is Cc1cccc(CNS(=O)(=O)c2ccccc2CO)n1. The first-order valence-corrected chi connectivity index (χ1v) is 7.62. The van der Waals surface area contributed by atoms with Crippen LogP contribution in [0, 0.1) is 6.92 Å². The molecule has 0 aliphatic heterocycles. The van der Waals surface area contributed by atoms with Gasteiger partial charge in [0.2, 0.25) is 10.0 Å². The number of aliphatic hydroxyl groups excluding tert-OH is 1. The number of nitrogens with one attached hydrogen (secondary N) is 1. The quantitative estimate of drug-likeness (QED) is 0.872. The van der Waals surface area contributed by atoms with Gasteiger partial charge < -0.3 is 5.11 Å². The molecule has 2 rings (SSSR count). The molecule has 0 saturated heterocycles. The molecular weight excluding hydrogens is 276 g/mol. The van der Waals surface area contributed by atoms with E-state index in [1.807, 2.05) is 19.1 Å². The fourth-order valence-electron chi connectivity index (χ4n) is 1.84. The van der Waals surface area contributed by atoms with Crippen molar-refractivity contribution in [3.05, 3.63) is 59.4 Å². The molecule has 6 heteroatoms. The van der Waals surface area contributed by atoms with Gasteiger partial charge in [-0.05, 0) is 30.7 Å². The zero-order valence-electron chi connectivity index (χ0n) is 11.1. The molecular formula is C14H16N2O3S. The minimum absolute atomic E-state index is 0.0927. The van der Waals surface area contributed by atoms with E-state index in [0.29, 0.717) is 11.3 Å². The largest absolute Gasteiger partial charge is 0.392 e. The molecule has 0 amide bonds. The average Bonchev–Trinajstić information content (AvgIpc) is 2.45. The summed E-state index contributed by atoms with van der Waals surface area (Å²) in [5.41, 5.74) is 1.85. The number of nitrogens with zero attached hydrogens (tertiary/aromatic N) is 1. The Morgan fingerprint density at radius 3 is 2.60 bits per heavy atom. The van der Waals surface area contributed by atoms with Crippen LogP contribution in [0.15, 0.2) is 47.4 Å². The molecule has 0 aliphatic rings. The van der Waals surface area contributed by atoms with Crippen molar-refractivity contribution < 1.29 is 13.5 Å². The van der Waals surface area contributed by atoms with Crippen molar-refractivity contribution in [2.45, 2.75) is 25.0 Å². The number of hydrogen-bond acceptors (Lipinski definition) is 4. The normalized spacial score (nSPS) is 11.5. The van der Waals surface area contributed by atoms with Crippen LogP contribution < -0.4 is 4.72 Å². The standard InChI is InChI=1S/C14H16N2O3S/c1-11-5-4-7-13(16-11)9-15-20(18,19)14-8-3-2-6-12(14)10-17/h2-8,15,17H,9-10H2,1H3. The maximum Gasteiger partial charge on any atom is 0.241 e. The van der Waals surface area contributed by atoms with E-state index in [1.165, 1.54) is 6.07 Å². The summed E-state index contributed by atoms with van der Waals surface area (Å²) in [7, 11) is -3.66. The Morgan fingerprint density at radius 2 is 1.90 bits per heavy atom. The maximum atomic E-state index is 12.2.